The van der Waals surface area contributed by atoms with Crippen molar-refractivity contribution in [2.24, 2.45) is 5.73 Å². The number of methoxy groups -OCH3 is 2. The van der Waals surface area contributed by atoms with E-state index in [9.17, 15) is 4.39 Å². The SMILES string of the molecule is COc1cc(F)c(C(N)c2cc(Br)ccc2Cl)cc1OC. The van der Waals surface area contributed by atoms with Crippen LogP contribution in [0.1, 0.15) is 17.2 Å². The molecular formula is C15H14BrClFNO2. The van der Waals surface area contributed by atoms with Crippen molar-refractivity contribution in [3.05, 3.63) is 56.8 Å². The summed E-state index contributed by atoms with van der Waals surface area (Å²) < 4.78 is 25.3. The Morgan fingerprint density at radius 3 is 2.33 bits per heavy atom. The van der Waals surface area contributed by atoms with E-state index in [-0.39, 0.29) is 5.56 Å². The molecule has 0 bridgehead atoms. The summed E-state index contributed by atoms with van der Waals surface area (Å²) in [4.78, 5) is 0. The first kappa shape index (κ1) is 16.1. The molecule has 2 aromatic carbocycles. The average Bonchev–Trinajstić information content (AvgIpc) is 2.48. The van der Waals surface area contributed by atoms with E-state index in [1.54, 1.807) is 18.2 Å². The molecule has 0 saturated heterocycles. The van der Waals surface area contributed by atoms with Gasteiger partial charge in [-0.2, -0.15) is 0 Å². The van der Waals surface area contributed by atoms with E-state index < -0.39 is 11.9 Å². The predicted octanol–water partition coefficient (Wildman–Crippen LogP) is 4.31. The van der Waals surface area contributed by atoms with Gasteiger partial charge in [-0.1, -0.05) is 27.5 Å². The van der Waals surface area contributed by atoms with Crippen LogP contribution in [0.5, 0.6) is 11.5 Å². The van der Waals surface area contributed by atoms with Crippen LogP contribution in [0.15, 0.2) is 34.8 Å². The normalized spacial score (nSPS) is 12.1. The molecule has 1 unspecified atom stereocenters. The second kappa shape index (κ2) is 6.64. The molecule has 1 atom stereocenters. The summed E-state index contributed by atoms with van der Waals surface area (Å²) in [5.41, 5.74) is 7.07. The molecule has 0 aromatic heterocycles. The number of hydrogen-bond donors (Lipinski definition) is 1. The lowest BCUT2D eigenvalue weighted by molar-refractivity contribution is 0.351. The molecule has 0 saturated carbocycles. The van der Waals surface area contributed by atoms with Crippen molar-refractivity contribution in [3.63, 3.8) is 0 Å². The monoisotopic (exact) mass is 373 g/mol. The Kier molecular flexibility index (Phi) is 5.08. The molecule has 2 aromatic rings. The Morgan fingerprint density at radius 2 is 1.71 bits per heavy atom. The number of ether oxygens (including phenoxy) is 2. The van der Waals surface area contributed by atoms with Gasteiger partial charge < -0.3 is 15.2 Å². The average molecular weight is 375 g/mol. The smallest absolute Gasteiger partial charge is 0.163 e. The highest BCUT2D eigenvalue weighted by Crippen LogP contribution is 2.36. The molecule has 21 heavy (non-hydrogen) atoms. The topological polar surface area (TPSA) is 44.5 Å². The van der Waals surface area contributed by atoms with Crippen LogP contribution in [0.2, 0.25) is 5.02 Å². The minimum Gasteiger partial charge on any atom is -0.493 e. The maximum absolute atomic E-state index is 14.3. The van der Waals surface area contributed by atoms with E-state index in [0.29, 0.717) is 22.1 Å². The Balaban J connectivity index is 2.52. The third-order valence-electron chi connectivity index (χ3n) is 3.13. The van der Waals surface area contributed by atoms with E-state index in [2.05, 4.69) is 15.9 Å². The summed E-state index contributed by atoms with van der Waals surface area (Å²) in [6.45, 7) is 0. The zero-order valence-corrected chi connectivity index (χ0v) is 13.8. The van der Waals surface area contributed by atoms with Gasteiger partial charge in [0.15, 0.2) is 11.5 Å². The molecule has 6 heteroatoms. The molecule has 0 radical (unpaired) electrons. The summed E-state index contributed by atoms with van der Waals surface area (Å²) in [6.07, 6.45) is 0. The second-order valence-corrected chi connectivity index (χ2v) is 5.70. The van der Waals surface area contributed by atoms with Gasteiger partial charge in [0.1, 0.15) is 5.82 Å². The maximum atomic E-state index is 14.3. The lowest BCUT2D eigenvalue weighted by atomic mass is 9.98. The van der Waals surface area contributed by atoms with Crippen LogP contribution in [0.25, 0.3) is 0 Å². The van der Waals surface area contributed by atoms with E-state index in [1.165, 1.54) is 26.4 Å². The highest BCUT2D eigenvalue weighted by molar-refractivity contribution is 9.10. The fraction of sp³-hybridized carbons (Fsp3) is 0.200. The highest BCUT2D eigenvalue weighted by atomic mass is 79.9. The molecule has 2 rings (SSSR count). The Labute approximate surface area is 135 Å². The van der Waals surface area contributed by atoms with Gasteiger partial charge in [-0.15, -0.1) is 0 Å². The Hall–Kier alpha value is -1.30. The van der Waals surface area contributed by atoms with E-state index in [0.717, 1.165) is 4.47 Å². The zero-order chi connectivity index (χ0) is 15.6. The lowest BCUT2D eigenvalue weighted by Gasteiger charge is -2.17. The number of nitrogens with two attached hydrogens (primary N) is 1. The third-order valence-corrected chi connectivity index (χ3v) is 3.97. The van der Waals surface area contributed by atoms with Gasteiger partial charge in [-0.25, -0.2) is 4.39 Å². The summed E-state index contributed by atoms with van der Waals surface area (Å²) in [6, 6.07) is 7.33. The minimum absolute atomic E-state index is 0.285. The van der Waals surface area contributed by atoms with Gasteiger partial charge >= 0.3 is 0 Å². The molecule has 0 heterocycles. The lowest BCUT2D eigenvalue weighted by Crippen LogP contribution is -2.14. The van der Waals surface area contributed by atoms with Crippen LogP contribution in [0, 0.1) is 5.82 Å². The number of rotatable bonds is 4. The fourth-order valence-corrected chi connectivity index (χ4v) is 2.64. The van der Waals surface area contributed by atoms with E-state index >= 15 is 0 Å². The van der Waals surface area contributed by atoms with Crippen molar-refractivity contribution in [3.8, 4) is 11.5 Å². The molecule has 0 spiro atoms. The molecule has 0 aliphatic rings. The molecule has 112 valence electrons. The van der Waals surface area contributed by atoms with Gasteiger partial charge in [0.25, 0.3) is 0 Å². The number of hydrogen-bond acceptors (Lipinski definition) is 3. The first-order valence-electron chi connectivity index (χ1n) is 6.10. The van der Waals surface area contributed by atoms with Crippen LogP contribution < -0.4 is 15.2 Å². The van der Waals surface area contributed by atoms with Gasteiger partial charge in [0.2, 0.25) is 0 Å². The minimum atomic E-state index is -0.713. The van der Waals surface area contributed by atoms with Crippen LogP contribution in [0.4, 0.5) is 4.39 Å². The first-order chi connectivity index (χ1) is 9.97. The molecule has 0 amide bonds. The van der Waals surface area contributed by atoms with Gasteiger partial charge in [0.05, 0.1) is 20.3 Å². The van der Waals surface area contributed by atoms with Crippen LogP contribution in [-0.4, -0.2) is 14.2 Å². The van der Waals surface area contributed by atoms with Crippen LogP contribution in [0.3, 0.4) is 0 Å². The van der Waals surface area contributed by atoms with Gasteiger partial charge in [-0.05, 0) is 29.8 Å². The van der Waals surface area contributed by atoms with Gasteiger partial charge in [-0.3, -0.25) is 0 Å². The summed E-state index contributed by atoms with van der Waals surface area (Å²) in [5.74, 6) is 0.248. The van der Waals surface area contributed by atoms with Crippen molar-refractivity contribution >= 4 is 27.5 Å². The van der Waals surface area contributed by atoms with Crippen molar-refractivity contribution in [2.45, 2.75) is 6.04 Å². The number of benzene rings is 2. The first-order valence-corrected chi connectivity index (χ1v) is 7.27. The largest absolute Gasteiger partial charge is 0.493 e. The Bertz CT molecular complexity index is 666. The van der Waals surface area contributed by atoms with E-state index in [1.807, 2.05) is 0 Å². The van der Waals surface area contributed by atoms with Crippen LogP contribution in [-0.2, 0) is 0 Å². The highest BCUT2D eigenvalue weighted by Gasteiger charge is 2.20. The summed E-state index contributed by atoms with van der Waals surface area (Å²) in [5, 5.41) is 0.472. The summed E-state index contributed by atoms with van der Waals surface area (Å²) >= 11 is 9.50. The van der Waals surface area contributed by atoms with Crippen molar-refractivity contribution in [1.29, 1.82) is 0 Å². The third kappa shape index (κ3) is 3.31. The van der Waals surface area contributed by atoms with Crippen LogP contribution >= 0.6 is 27.5 Å². The van der Waals surface area contributed by atoms with Crippen molar-refractivity contribution in [2.75, 3.05) is 14.2 Å². The zero-order valence-electron chi connectivity index (χ0n) is 11.5. The van der Waals surface area contributed by atoms with Gasteiger partial charge in [0, 0.05) is 21.1 Å². The molecule has 3 nitrogen and oxygen atoms in total. The summed E-state index contributed by atoms with van der Waals surface area (Å²) in [7, 11) is 2.93. The van der Waals surface area contributed by atoms with Crippen molar-refractivity contribution in [1.82, 2.24) is 0 Å². The second-order valence-electron chi connectivity index (χ2n) is 4.37. The fourth-order valence-electron chi connectivity index (χ4n) is 2.03. The quantitative estimate of drug-likeness (QED) is 0.867. The Morgan fingerprint density at radius 1 is 1.10 bits per heavy atom. The molecule has 0 fully saturated rings. The van der Waals surface area contributed by atoms with E-state index in [4.69, 9.17) is 26.8 Å². The molecular weight excluding hydrogens is 361 g/mol. The standard InChI is InChI=1S/C15H14BrClFNO2/c1-20-13-6-10(12(18)7-14(13)21-2)15(19)9-5-8(16)3-4-11(9)17/h3-7,15H,19H2,1-2H3. The molecule has 0 aliphatic carbocycles. The maximum Gasteiger partial charge on any atom is 0.163 e. The van der Waals surface area contributed by atoms with Crippen molar-refractivity contribution < 1.29 is 13.9 Å². The number of halogens is 3. The molecule has 0 aliphatic heterocycles. The predicted molar refractivity (Wildman–Crippen MR) is 84.7 cm³/mol. The molecule has 2 N–H and O–H groups in total.